The molecule has 0 radical (unpaired) electrons. The second kappa shape index (κ2) is 8.91. The molecular formula is C21H28N4O3. The fourth-order valence-electron chi connectivity index (χ4n) is 3.35. The molecule has 0 unspecified atom stereocenters. The number of carbonyl (C=O) groups is 1. The van der Waals surface area contributed by atoms with Gasteiger partial charge in [-0.1, -0.05) is 12.1 Å². The van der Waals surface area contributed by atoms with Gasteiger partial charge in [0.05, 0.1) is 23.9 Å². The van der Waals surface area contributed by atoms with E-state index in [2.05, 4.69) is 15.3 Å². The molecule has 28 heavy (non-hydrogen) atoms. The first-order valence-electron chi connectivity index (χ1n) is 9.74. The minimum atomic E-state index is -0.144. The van der Waals surface area contributed by atoms with E-state index in [0.717, 1.165) is 36.4 Å². The Balaban J connectivity index is 1.55. The highest BCUT2D eigenvalue weighted by Crippen LogP contribution is 2.22. The summed E-state index contributed by atoms with van der Waals surface area (Å²) >= 11 is 0. The molecule has 1 aromatic heterocycles. The van der Waals surface area contributed by atoms with E-state index < -0.39 is 0 Å². The summed E-state index contributed by atoms with van der Waals surface area (Å²) in [5.74, 6) is 0.779. The third-order valence-electron chi connectivity index (χ3n) is 4.87. The fraction of sp³-hybridized carbons (Fsp3) is 0.476. The molecule has 0 spiro atoms. The molecule has 1 aliphatic heterocycles. The van der Waals surface area contributed by atoms with Gasteiger partial charge in [0.1, 0.15) is 5.75 Å². The van der Waals surface area contributed by atoms with Crippen molar-refractivity contribution in [3.8, 4) is 5.75 Å². The number of hydrogen-bond acceptors (Lipinski definition) is 5. The van der Waals surface area contributed by atoms with Crippen molar-refractivity contribution in [1.82, 2.24) is 15.1 Å². The molecule has 1 aliphatic rings. The van der Waals surface area contributed by atoms with Crippen LogP contribution in [0.5, 0.6) is 5.75 Å². The number of anilines is 1. The largest absolute Gasteiger partial charge is 0.491 e. The highest BCUT2D eigenvalue weighted by atomic mass is 16.5. The monoisotopic (exact) mass is 384 g/mol. The summed E-state index contributed by atoms with van der Waals surface area (Å²) in [7, 11) is 1.63. The lowest BCUT2D eigenvalue weighted by Crippen LogP contribution is -2.43. The fourth-order valence-corrected chi connectivity index (χ4v) is 3.35. The number of piperidine rings is 1. The zero-order valence-electron chi connectivity index (χ0n) is 16.7. The van der Waals surface area contributed by atoms with Crippen molar-refractivity contribution in [3.05, 3.63) is 52.4 Å². The van der Waals surface area contributed by atoms with Gasteiger partial charge in [-0.15, -0.1) is 0 Å². The summed E-state index contributed by atoms with van der Waals surface area (Å²) in [5.41, 5.74) is 1.67. The quantitative estimate of drug-likeness (QED) is 0.825. The first-order chi connectivity index (χ1) is 13.4. The Kier molecular flexibility index (Phi) is 6.34. The molecule has 0 aliphatic carbocycles. The van der Waals surface area contributed by atoms with Gasteiger partial charge in [-0.2, -0.15) is 5.10 Å². The van der Waals surface area contributed by atoms with Gasteiger partial charge in [-0.3, -0.25) is 9.59 Å². The predicted octanol–water partition coefficient (Wildman–Crippen LogP) is 2.10. The van der Waals surface area contributed by atoms with Crippen LogP contribution in [0.15, 0.2) is 41.3 Å². The Morgan fingerprint density at radius 2 is 2.07 bits per heavy atom. The van der Waals surface area contributed by atoms with Gasteiger partial charge in [0.2, 0.25) is 5.91 Å². The van der Waals surface area contributed by atoms with Crippen LogP contribution in [0, 0.1) is 5.92 Å². The SMILES string of the molecule is CC(C)Oc1ccc(CNC(=O)[C@@H]2CCCN(c3cnn(C)c(=O)c3)C2)cc1. The molecule has 1 N–H and O–H groups in total. The zero-order chi connectivity index (χ0) is 20.1. The Bertz CT molecular complexity index is 861. The van der Waals surface area contributed by atoms with Crippen LogP contribution in [0.2, 0.25) is 0 Å². The van der Waals surface area contributed by atoms with E-state index in [9.17, 15) is 9.59 Å². The highest BCUT2D eigenvalue weighted by molar-refractivity contribution is 5.79. The van der Waals surface area contributed by atoms with Gasteiger partial charge >= 0.3 is 0 Å². The first kappa shape index (κ1) is 19.9. The number of rotatable bonds is 6. The van der Waals surface area contributed by atoms with Crippen molar-refractivity contribution in [2.75, 3.05) is 18.0 Å². The normalized spacial score (nSPS) is 16.9. The molecule has 1 aromatic carbocycles. The number of benzene rings is 1. The number of aromatic nitrogens is 2. The molecule has 150 valence electrons. The van der Waals surface area contributed by atoms with E-state index in [-0.39, 0.29) is 23.5 Å². The summed E-state index contributed by atoms with van der Waals surface area (Å²) in [4.78, 5) is 26.5. The molecule has 7 nitrogen and oxygen atoms in total. The molecule has 7 heteroatoms. The standard InChI is InChI=1S/C21H28N4O3/c1-15(2)28-19-8-6-16(7-9-19)12-22-21(27)17-5-4-10-25(14-17)18-11-20(26)24(3)23-13-18/h6-9,11,13,15,17H,4-5,10,12,14H2,1-3H3,(H,22,27)/t17-/m1/s1. The van der Waals surface area contributed by atoms with E-state index in [4.69, 9.17) is 4.74 Å². The molecule has 1 atom stereocenters. The Morgan fingerprint density at radius 1 is 1.32 bits per heavy atom. The van der Waals surface area contributed by atoms with Crippen molar-refractivity contribution >= 4 is 11.6 Å². The van der Waals surface area contributed by atoms with Crippen molar-refractivity contribution in [2.24, 2.45) is 13.0 Å². The lowest BCUT2D eigenvalue weighted by atomic mass is 9.96. The van der Waals surface area contributed by atoms with Gasteiger partial charge in [0.25, 0.3) is 5.56 Å². The zero-order valence-corrected chi connectivity index (χ0v) is 16.7. The topological polar surface area (TPSA) is 76.5 Å². The maximum absolute atomic E-state index is 12.6. The third-order valence-corrected chi connectivity index (χ3v) is 4.87. The maximum Gasteiger partial charge on any atom is 0.268 e. The molecule has 0 saturated carbocycles. The molecule has 1 saturated heterocycles. The Morgan fingerprint density at radius 3 is 2.75 bits per heavy atom. The summed E-state index contributed by atoms with van der Waals surface area (Å²) in [6, 6.07) is 9.36. The number of ether oxygens (including phenoxy) is 1. The summed E-state index contributed by atoms with van der Waals surface area (Å²) < 4.78 is 6.94. The van der Waals surface area contributed by atoms with E-state index >= 15 is 0 Å². The third kappa shape index (κ3) is 5.12. The van der Waals surface area contributed by atoms with Crippen LogP contribution < -0.4 is 20.5 Å². The van der Waals surface area contributed by atoms with Crippen LogP contribution in [-0.4, -0.2) is 34.9 Å². The van der Waals surface area contributed by atoms with Crippen LogP contribution in [0.4, 0.5) is 5.69 Å². The summed E-state index contributed by atoms with van der Waals surface area (Å²) in [6.45, 7) is 5.90. The van der Waals surface area contributed by atoms with Gasteiger partial charge in [0, 0.05) is 32.7 Å². The number of nitrogens with zero attached hydrogens (tertiary/aromatic N) is 3. The number of aryl methyl sites for hydroxylation is 1. The molecule has 3 rings (SSSR count). The van der Waals surface area contributed by atoms with Crippen LogP contribution in [-0.2, 0) is 18.4 Å². The second-order valence-corrected chi connectivity index (χ2v) is 7.49. The number of amides is 1. The molecule has 2 aromatic rings. The van der Waals surface area contributed by atoms with Gasteiger partial charge < -0.3 is 15.0 Å². The van der Waals surface area contributed by atoms with Crippen LogP contribution in [0.3, 0.4) is 0 Å². The summed E-state index contributed by atoms with van der Waals surface area (Å²) in [5, 5.41) is 7.11. The molecule has 0 bridgehead atoms. The molecule has 1 fully saturated rings. The van der Waals surface area contributed by atoms with Crippen LogP contribution >= 0.6 is 0 Å². The van der Waals surface area contributed by atoms with Crippen molar-refractivity contribution < 1.29 is 9.53 Å². The van der Waals surface area contributed by atoms with E-state index in [1.807, 2.05) is 38.1 Å². The average Bonchev–Trinajstić information content (AvgIpc) is 2.69. The smallest absolute Gasteiger partial charge is 0.268 e. The first-order valence-corrected chi connectivity index (χ1v) is 9.74. The minimum Gasteiger partial charge on any atom is -0.491 e. The number of carbonyl (C=O) groups excluding carboxylic acids is 1. The van der Waals surface area contributed by atoms with E-state index in [1.165, 1.54) is 4.68 Å². The minimum absolute atomic E-state index is 0.0454. The van der Waals surface area contributed by atoms with E-state index in [1.54, 1.807) is 19.3 Å². The van der Waals surface area contributed by atoms with Gasteiger partial charge in [-0.05, 0) is 44.4 Å². The molecular weight excluding hydrogens is 356 g/mol. The van der Waals surface area contributed by atoms with Gasteiger partial charge in [0.15, 0.2) is 0 Å². The average molecular weight is 384 g/mol. The predicted molar refractivity (Wildman–Crippen MR) is 108 cm³/mol. The molecule has 2 heterocycles. The van der Waals surface area contributed by atoms with E-state index in [0.29, 0.717) is 13.1 Å². The lowest BCUT2D eigenvalue weighted by molar-refractivity contribution is -0.125. The lowest BCUT2D eigenvalue weighted by Gasteiger charge is -2.33. The Hall–Kier alpha value is -2.83. The number of nitrogens with one attached hydrogen (secondary N) is 1. The van der Waals surface area contributed by atoms with Crippen LogP contribution in [0.1, 0.15) is 32.3 Å². The van der Waals surface area contributed by atoms with Crippen molar-refractivity contribution in [2.45, 2.75) is 39.3 Å². The van der Waals surface area contributed by atoms with Crippen molar-refractivity contribution in [1.29, 1.82) is 0 Å². The molecule has 1 amide bonds. The van der Waals surface area contributed by atoms with Crippen LogP contribution in [0.25, 0.3) is 0 Å². The van der Waals surface area contributed by atoms with Crippen molar-refractivity contribution in [3.63, 3.8) is 0 Å². The Labute approximate surface area is 165 Å². The van der Waals surface area contributed by atoms with Gasteiger partial charge in [-0.25, -0.2) is 4.68 Å². The second-order valence-electron chi connectivity index (χ2n) is 7.49. The maximum atomic E-state index is 12.6. The number of hydrogen-bond donors (Lipinski definition) is 1. The summed E-state index contributed by atoms with van der Waals surface area (Å²) in [6.07, 6.45) is 3.58. The highest BCUT2D eigenvalue weighted by Gasteiger charge is 2.26.